The smallest absolute Gasteiger partial charge is 0.0743 e. The van der Waals surface area contributed by atoms with Gasteiger partial charge in [-0.15, -0.1) is 0 Å². The topological polar surface area (TPSA) is 38.5 Å². The zero-order valence-electron chi connectivity index (χ0n) is 8.57. The van der Waals surface area contributed by atoms with Crippen molar-refractivity contribution >= 4 is 0 Å². The molecule has 0 rings (SSSR count). The Balaban J connectivity index is 3.92. The monoisotopic (exact) mass is 180 g/mol. The molecule has 0 heterocycles. The van der Waals surface area contributed by atoms with Gasteiger partial charge in [0.15, 0.2) is 0 Å². The molecule has 0 spiro atoms. The molecule has 0 atom stereocenters. The number of hydrogen-bond donors (Lipinski definition) is 0. The normalized spacial score (nSPS) is 12.5. The van der Waals surface area contributed by atoms with E-state index in [1.165, 1.54) is 0 Å². The number of hydroxylamine groups is 6. The number of nitrogens with zero attached hydrogens (tertiary/aromatic N) is 3. The molecule has 12 heavy (non-hydrogen) atoms. The van der Waals surface area contributed by atoms with Gasteiger partial charge in [0.2, 0.25) is 0 Å². The molecule has 0 aliphatic carbocycles. The van der Waals surface area contributed by atoms with Gasteiger partial charge in [0.1, 0.15) is 47.2 Å². The lowest BCUT2D eigenvalue weighted by Gasteiger charge is -2.13. The van der Waals surface area contributed by atoms with E-state index in [4.69, 9.17) is 9.88 Å². The predicted octanol–water partition coefficient (Wildman–Crippen LogP) is -0.129. The van der Waals surface area contributed by atoms with Gasteiger partial charge in [-0.25, -0.2) is 0 Å². The Kier molecular flexibility index (Phi) is 3.00. The van der Waals surface area contributed by atoms with Crippen molar-refractivity contribution in [3.63, 3.8) is 0 Å². The van der Waals surface area contributed by atoms with E-state index in [-0.39, 0.29) is 14.4 Å². The van der Waals surface area contributed by atoms with Crippen LogP contribution in [-0.4, -0.2) is 56.7 Å². The maximum Gasteiger partial charge on any atom is 0.581 e. The van der Waals surface area contributed by atoms with Crippen molar-refractivity contribution in [2.75, 3.05) is 42.3 Å². The quantitative estimate of drug-likeness (QED) is 0.447. The van der Waals surface area contributed by atoms with Crippen molar-refractivity contribution in [3.05, 3.63) is 4.91 Å². The Labute approximate surface area is 72.5 Å². The second-order valence-electron chi connectivity index (χ2n) is 4.17. The van der Waals surface area contributed by atoms with Crippen LogP contribution in [-0.2, 0) is 9.88 Å². The standard InChI is InChI=1S/C6H18N3O3/c1-8(2,3)11-7(10)12-9(4,5)6/h1-6H3/q+3. The fourth-order valence-corrected chi connectivity index (χ4v) is 0.415. The zero-order valence-corrected chi connectivity index (χ0v) is 8.57. The molecule has 0 aromatic carbocycles. The molecule has 0 aromatic rings. The lowest BCUT2D eigenvalue weighted by Crippen LogP contribution is -2.44. The minimum atomic E-state index is 0.0590. The molecule has 0 unspecified atom stereocenters. The van der Waals surface area contributed by atoms with Crippen molar-refractivity contribution < 1.29 is 24.3 Å². The van der Waals surface area contributed by atoms with Gasteiger partial charge in [-0.2, -0.15) is 0 Å². The molecule has 0 saturated heterocycles. The third kappa shape index (κ3) is 7.23. The van der Waals surface area contributed by atoms with Gasteiger partial charge in [0.25, 0.3) is 0 Å². The van der Waals surface area contributed by atoms with Gasteiger partial charge in [-0.05, 0) is 0 Å². The largest absolute Gasteiger partial charge is 0.581 e. The van der Waals surface area contributed by atoms with Crippen molar-refractivity contribution in [1.82, 2.24) is 0 Å². The first-order valence-electron chi connectivity index (χ1n) is 3.60. The van der Waals surface area contributed by atoms with Crippen LogP contribution in [0.3, 0.4) is 0 Å². The molecule has 0 N–H and O–H groups in total. The van der Waals surface area contributed by atoms with E-state index < -0.39 is 0 Å². The molecule has 6 heteroatoms. The molecular formula is C6H18N3O3+3. The third-order valence-electron chi connectivity index (χ3n) is 0.623. The third-order valence-corrected chi connectivity index (χ3v) is 0.623. The molecule has 0 aliphatic rings. The van der Waals surface area contributed by atoms with Crippen molar-refractivity contribution in [3.8, 4) is 0 Å². The molecule has 0 amide bonds. The van der Waals surface area contributed by atoms with Crippen LogP contribution >= 0.6 is 0 Å². The highest BCUT2D eigenvalue weighted by Crippen LogP contribution is 1.98. The number of hydrogen-bond acceptors (Lipinski definition) is 3. The number of quaternary nitrogens is 2. The predicted molar refractivity (Wildman–Crippen MR) is 41.9 cm³/mol. The van der Waals surface area contributed by atoms with Crippen LogP contribution in [0.4, 0.5) is 0 Å². The van der Waals surface area contributed by atoms with Crippen LogP contribution in [0, 0.1) is 4.91 Å². The molecule has 0 radical (unpaired) electrons. The van der Waals surface area contributed by atoms with Crippen LogP contribution in [0.25, 0.3) is 0 Å². The second-order valence-corrected chi connectivity index (χ2v) is 4.17. The Hall–Kier alpha value is -0.880. The molecule has 0 aromatic heterocycles. The summed E-state index contributed by atoms with van der Waals surface area (Å²) < 4.78 is 0.118. The van der Waals surface area contributed by atoms with E-state index >= 15 is 0 Å². The van der Waals surface area contributed by atoms with Gasteiger partial charge >= 0.3 is 5.09 Å². The van der Waals surface area contributed by atoms with Gasteiger partial charge in [0.05, 0.1) is 0 Å². The lowest BCUT2D eigenvalue weighted by atomic mass is 11.0. The van der Waals surface area contributed by atoms with Crippen LogP contribution in [0.15, 0.2) is 0 Å². The molecule has 0 bridgehead atoms. The first-order chi connectivity index (χ1) is 5.10. The fraction of sp³-hybridized carbons (Fsp3) is 1.00. The van der Waals surface area contributed by atoms with Gasteiger partial charge in [0, 0.05) is 9.88 Å². The van der Waals surface area contributed by atoms with E-state index in [0.717, 1.165) is 0 Å². The summed E-state index contributed by atoms with van der Waals surface area (Å²) >= 11 is 0. The minimum absolute atomic E-state index is 0.0590. The minimum Gasteiger partial charge on any atom is -0.0743 e. The number of rotatable bonds is 4. The Bertz CT molecular complexity index is 150. The zero-order chi connectivity index (χ0) is 9.99. The molecule has 6 nitrogen and oxygen atoms in total. The summed E-state index contributed by atoms with van der Waals surface area (Å²) in [4.78, 5) is 20.5. The molecule has 0 fully saturated rings. The fourth-order valence-electron chi connectivity index (χ4n) is 0.415. The van der Waals surface area contributed by atoms with Gasteiger partial charge in [-0.3, -0.25) is 0 Å². The van der Waals surface area contributed by atoms with Crippen molar-refractivity contribution in [1.29, 1.82) is 0 Å². The Morgan fingerprint density at radius 2 is 1.08 bits per heavy atom. The SMILES string of the molecule is C[N+](C)(C)O[N+](=O)O[N+](C)(C)C. The summed E-state index contributed by atoms with van der Waals surface area (Å²) in [5.41, 5.74) is 0. The van der Waals surface area contributed by atoms with E-state index in [1.807, 2.05) is 0 Å². The first-order valence-corrected chi connectivity index (χ1v) is 3.60. The van der Waals surface area contributed by atoms with Crippen molar-refractivity contribution in [2.24, 2.45) is 0 Å². The first kappa shape index (κ1) is 11.1. The Morgan fingerprint density at radius 1 is 0.833 bits per heavy atom. The summed E-state index contributed by atoms with van der Waals surface area (Å²) in [5, 5.41) is 0.111. The van der Waals surface area contributed by atoms with Crippen LogP contribution in [0.1, 0.15) is 0 Å². The maximum absolute atomic E-state index is 10.9. The highest BCUT2D eigenvalue weighted by atomic mass is 17.1. The molecule has 72 valence electrons. The summed E-state index contributed by atoms with van der Waals surface area (Å²) in [7, 11) is 10.3. The summed E-state index contributed by atoms with van der Waals surface area (Å²) in [5.74, 6) is 0. The van der Waals surface area contributed by atoms with Crippen LogP contribution in [0.2, 0.25) is 0 Å². The second kappa shape index (κ2) is 3.24. The van der Waals surface area contributed by atoms with Crippen LogP contribution < -0.4 is 0 Å². The average Bonchev–Trinajstić information content (AvgIpc) is 1.49. The van der Waals surface area contributed by atoms with Gasteiger partial charge in [-0.1, -0.05) is 9.29 Å². The maximum atomic E-state index is 10.9. The van der Waals surface area contributed by atoms with E-state index in [9.17, 15) is 4.91 Å². The van der Waals surface area contributed by atoms with E-state index in [1.54, 1.807) is 42.3 Å². The molecular weight excluding hydrogens is 162 g/mol. The van der Waals surface area contributed by atoms with E-state index in [0.29, 0.717) is 0 Å². The highest BCUT2D eigenvalue weighted by molar-refractivity contribution is 3.78. The lowest BCUT2D eigenvalue weighted by molar-refractivity contribution is -1.36. The molecule has 0 saturated carbocycles. The highest BCUT2D eigenvalue weighted by Gasteiger charge is 2.33. The van der Waals surface area contributed by atoms with Crippen LogP contribution in [0.5, 0.6) is 0 Å². The molecule has 0 aliphatic heterocycles. The average molecular weight is 180 g/mol. The summed E-state index contributed by atoms with van der Waals surface area (Å²) in [6, 6.07) is 0. The Morgan fingerprint density at radius 3 is 1.25 bits per heavy atom. The summed E-state index contributed by atoms with van der Waals surface area (Å²) in [6.45, 7) is 0. The summed E-state index contributed by atoms with van der Waals surface area (Å²) in [6.07, 6.45) is 0. The van der Waals surface area contributed by atoms with E-state index in [2.05, 4.69) is 0 Å². The van der Waals surface area contributed by atoms with Crippen molar-refractivity contribution in [2.45, 2.75) is 0 Å². The van der Waals surface area contributed by atoms with Gasteiger partial charge < -0.3 is 0 Å².